The van der Waals surface area contributed by atoms with E-state index in [4.69, 9.17) is 9.68 Å². The lowest BCUT2D eigenvalue weighted by atomic mass is 10.2. The summed E-state index contributed by atoms with van der Waals surface area (Å²) in [6.07, 6.45) is 0. The van der Waals surface area contributed by atoms with Gasteiger partial charge in [-0.25, -0.2) is 4.39 Å². The highest BCUT2D eigenvalue weighted by molar-refractivity contribution is 7.99. The quantitative estimate of drug-likeness (QED) is 0.705. The van der Waals surface area contributed by atoms with Crippen molar-refractivity contribution in [2.24, 2.45) is 0 Å². The van der Waals surface area contributed by atoms with Crippen LogP contribution in [0.5, 0.6) is 0 Å². The smallest absolute Gasteiger partial charge is 0.277 e. The number of hydrogen-bond donors (Lipinski definition) is 1. The second kappa shape index (κ2) is 7.59. The van der Waals surface area contributed by atoms with Crippen molar-refractivity contribution < 1.29 is 13.6 Å². The zero-order valence-corrected chi connectivity index (χ0v) is 13.6. The van der Waals surface area contributed by atoms with E-state index in [2.05, 4.69) is 15.5 Å². The highest BCUT2D eigenvalue weighted by Gasteiger charge is 2.14. The first-order chi connectivity index (χ1) is 12.2. The van der Waals surface area contributed by atoms with E-state index in [9.17, 15) is 9.18 Å². The maximum absolute atomic E-state index is 13.7. The first-order valence-electron chi connectivity index (χ1n) is 7.17. The van der Waals surface area contributed by atoms with E-state index in [1.807, 2.05) is 6.07 Å². The van der Waals surface area contributed by atoms with Crippen molar-refractivity contribution in [2.75, 3.05) is 11.1 Å². The summed E-state index contributed by atoms with van der Waals surface area (Å²) in [6, 6.07) is 14.8. The third-order valence-corrected chi connectivity index (χ3v) is 3.98. The van der Waals surface area contributed by atoms with Crippen molar-refractivity contribution in [1.29, 1.82) is 5.26 Å². The Morgan fingerprint density at radius 3 is 2.76 bits per heavy atom. The number of nitrogens with zero attached hydrogens (tertiary/aromatic N) is 3. The van der Waals surface area contributed by atoms with Gasteiger partial charge in [0.15, 0.2) is 0 Å². The predicted molar refractivity (Wildman–Crippen MR) is 90.2 cm³/mol. The van der Waals surface area contributed by atoms with E-state index in [1.54, 1.807) is 36.4 Å². The molecule has 3 rings (SSSR count). The summed E-state index contributed by atoms with van der Waals surface area (Å²) in [6.45, 7) is 0. The van der Waals surface area contributed by atoms with E-state index >= 15 is 0 Å². The van der Waals surface area contributed by atoms with Crippen LogP contribution in [0.3, 0.4) is 0 Å². The zero-order valence-electron chi connectivity index (χ0n) is 12.8. The van der Waals surface area contributed by atoms with E-state index in [0.717, 1.165) is 11.8 Å². The molecule has 0 fully saturated rings. The van der Waals surface area contributed by atoms with Gasteiger partial charge in [0.1, 0.15) is 11.9 Å². The van der Waals surface area contributed by atoms with Gasteiger partial charge in [-0.15, -0.1) is 10.2 Å². The van der Waals surface area contributed by atoms with Crippen molar-refractivity contribution in [1.82, 2.24) is 10.2 Å². The molecule has 0 aliphatic rings. The van der Waals surface area contributed by atoms with Crippen LogP contribution in [0.1, 0.15) is 5.56 Å². The van der Waals surface area contributed by atoms with Crippen molar-refractivity contribution >= 4 is 23.4 Å². The minimum atomic E-state index is -0.464. The van der Waals surface area contributed by atoms with Crippen molar-refractivity contribution in [3.8, 4) is 17.5 Å². The number of halogens is 1. The molecule has 3 aromatic rings. The Hall–Kier alpha value is -3.18. The van der Waals surface area contributed by atoms with Crippen LogP contribution in [-0.2, 0) is 4.79 Å². The monoisotopic (exact) mass is 354 g/mol. The number of benzene rings is 2. The summed E-state index contributed by atoms with van der Waals surface area (Å²) in [5.74, 6) is -0.721. The van der Waals surface area contributed by atoms with Crippen LogP contribution >= 0.6 is 11.8 Å². The number of aromatic nitrogens is 2. The number of amides is 1. The Morgan fingerprint density at radius 1 is 1.20 bits per heavy atom. The molecule has 0 spiro atoms. The number of nitriles is 1. The van der Waals surface area contributed by atoms with E-state index in [0.29, 0.717) is 11.3 Å². The zero-order chi connectivity index (χ0) is 17.6. The van der Waals surface area contributed by atoms with Gasteiger partial charge >= 0.3 is 0 Å². The highest BCUT2D eigenvalue weighted by Crippen LogP contribution is 2.25. The lowest BCUT2D eigenvalue weighted by molar-refractivity contribution is -0.113. The van der Waals surface area contributed by atoms with Crippen LogP contribution < -0.4 is 5.32 Å². The van der Waals surface area contributed by atoms with Gasteiger partial charge in [0, 0.05) is 0 Å². The number of hydrogen-bond acceptors (Lipinski definition) is 6. The minimum absolute atomic E-state index is 0.0126. The summed E-state index contributed by atoms with van der Waals surface area (Å²) in [5.41, 5.74) is 1.02. The molecule has 2 aromatic carbocycles. The predicted octanol–water partition coefficient (Wildman–Crippen LogP) is 3.48. The van der Waals surface area contributed by atoms with E-state index < -0.39 is 5.82 Å². The first-order valence-corrected chi connectivity index (χ1v) is 8.16. The summed E-state index contributed by atoms with van der Waals surface area (Å²) in [5, 5.41) is 19.4. The van der Waals surface area contributed by atoms with Crippen molar-refractivity contribution in [2.45, 2.75) is 5.22 Å². The Balaban J connectivity index is 1.62. The van der Waals surface area contributed by atoms with Gasteiger partial charge in [0.25, 0.3) is 11.1 Å². The number of para-hydroxylation sites is 1. The third-order valence-electron chi connectivity index (χ3n) is 3.16. The molecule has 0 atom stereocenters. The molecule has 0 unspecified atom stereocenters. The number of carbonyl (C=O) groups excluding carboxylic acids is 1. The second-order valence-corrected chi connectivity index (χ2v) is 5.77. The standard InChI is InChI=1S/C17H11FN4O2S/c18-13-7-3-2-6-12(13)16-21-22-17(24-16)25-10-15(23)20-14-8-4-1-5-11(14)9-19/h1-8H,10H2,(H,20,23). The molecule has 25 heavy (non-hydrogen) atoms. The largest absolute Gasteiger partial charge is 0.411 e. The molecular formula is C17H11FN4O2S. The highest BCUT2D eigenvalue weighted by atomic mass is 32.2. The molecule has 6 nitrogen and oxygen atoms in total. The SMILES string of the molecule is N#Cc1ccccc1NC(=O)CSc1nnc(-c2ccccc2F)o1. The van der Waals surface area contributed by atoms with Gasteiger partial charge in [0.2, 0.25) is 5.91 Å². The normalized spacial score (nSPS) is 10.2. The Morgan fingerprint density at radius 2 is 1.96 bits per heavy atom. The topological polar surface area (TPSA) is 91.8 Å². The van der Waals surface area contributed by atoms with Gasteiger partial charge in [-0.3, -0.25) is 4.79 Å². The van der Waals surface area contributed by atoms with Gasteiger partial charge in [-0.2, -0.15) is 5.26 Å². The summed E-state index contributed by atoms with van der Waals surface area (Å²) < 4.78 is 19.1. The molecule has 0 aliphatic carbocycles. The van der Waals surface area contributed by atoms with E-state index in [-0.39, 0.29) is 28.3 Å². The first kappa shape index (κ1) is 16.7. The Labute approximate surface area is 146 Å². The Bertz CT molecular complexity index is 952. The van der Waals surface area contributed by atoms with Gasteiger partial charge in [-0.1, -0.05) is 36.0 Å². The van der Waals surface area contributed by atoms with Crippen LogP contribution in [-0.4, -0.2) is 21.9 Å². The number of thioether (sulfide) groups is 1. The van der Waals surface area contributed by atoms with Crippen LogP contribution in [0.4, 0.5) is 10.1 Å². The van der Waals surface area contributed by atoms with Gasteiger partial charge in [-0.05, 0) is 24.3 Å². The van der Waals surface area contributed by atoms with Gasteiger partial charge in [0.05, 0.1) is 22.6 Å². The van der Waals surface area contributed by atoms with Crippen molar-refractivity contribution in [3.63, 3.8) is 0 Å². The fourth-order valence-corrected chi connectivity index (χ4v) is 2.58. The molecule has 1 N–H and O–H groups in total. The average Bonchev–Trinajstić information content (AvgIpc) is 3.09. The molecule has 0 aliphatic heterocycles. The molecule has 0 saturated heterocycles. The molecular weight excluding hydrogens is 343 g/mol. The lowest BCUT2D eigenvalue weighted by Gasteiger charge is -2.05. The number of anilines is 1. The molecule has 124 valence electrons. The minimum Gasteiger partial charge on any atom is -0.411 e. The third kappa shape index (κ3) is 4.02. The van der Waals surface area contributed by atoms with Crippen LogP contribution in [0, 0.1) is 17.1 Å². The summed E-state index contributed by atoms with van der Waals surface area (Å²) >= 11 is 1.02. The van der Waals surface area contributed by atoms with Crippen LogP contribution in [0.2, 0.25) is 0 Å². The van der Waals surface area contributed by atoms with E-state index in [1.165, 1.54) is 12.1 Å². The molecule has 0 saturated carbocycles. The average molecular weight is 354 g/mol. The lowest BCUT2D eigenvalue weighted by Crippen LogP contribution is -2.14. The number of nitrogens with one attached hydrogen (secondary N) is 1. The van der Waals surface area contributed by atoms with Crippen molar-refractivity contribution in [3.05, 3.63) is 59.9 Å². The van der Waals surface area contributed by atoms with Crippen LogP contribution in [0.25, 0.3) is 11.5 Å². The fraction of sp³-hybridized carbons (Fsp3) is 0.0588. The molecule has 1 amide bonds. The molecule has 0 radical (unpaired) electrons. The second-order valence-electron chi connectivity index (χ2n) is 4.85. The maximum atomic E-state index is 13.7. The summed E-state index contributed by atoms with van der Waals surface area (Å²) in [4.78, 5) is 12.0. The molecule has 0 bridgehead atoms. The van der Waals surface area contributed by atoms with Crippen LogP contribution in [0.15, 0.2) is 58.2 Å². The molecule has 1 heterocycles. The number of carbonyl (C=O) groups is 1. The molecule has 8 heteroatoms. The molecule has 1 aromatic heterocycles. The summed E-state index contributed by atoms with van der Waals surface area (Å²) in [7, 11) is 0. The Kier molecular flexibility index (Phi) is 5.06. The number of rotatable bonds is 5. The van der Waals surface area contributed by atoms with Gasteiger partial charge < -0.3 is 9.73 Å². The maximum Gasteiger partial charge on any atom is 0.277 e. The fourth-order valence-electron chi connectivity index (χ4n) is 2.01.